The molecule has 0 radical (unpaired) electrons. The third-order valence-electron chi connectivity index (χ3n) is 2.67. The zero-order valence-electron chi connectivity index (χ0n) is 9.77. The molecule has 0 unspecified atom stereocenters. The average molecular weight is 348 g/mol. The van der Waals surface area contributed by atoms with E-state index >= 15 is 0 Å². The highest BCUT2D eigenvalue weighted by Gasteiger charge is 2.09. The predicted octanol–water partition coefficient (Wildman–Crippen LogP) is 1.79. The van der Waals surface area contributed by atoms with Gasteiger partial charge in [-0.25, -0.2) is 4.98 Å². The number of nitrogens with zero attached hydrogens (tertiary/aromatic N) is 2. The van der Waals surface area contributed by atoms with Gasteiger partial charge in [-0.15, -0.1) is 0 Å². The average Bonchev–Trinajstić information content (AvgIpc) is 2.38. The molecule has 0 atom stereocenters. The fourth-order valence-corrected chi connectivity index (χ4v) is 2.06. The van der Waals surface area contributed by atoms with Crippen LogP contribution in [0.1, 0.15) is 6.42 Å². The molecule has 2 heterocycles. The van der Waals surface area contributed by atoms with Gasteiger partial charge in [-0.2, -0.15) is 0 Å². The molecule has 17 heavy (non-hydrogen) atoms. The number of hydrogen-bond acceptors (Lipinski definition) is 4. The predicted molar refractivity (Wildman–Crippen MR) is 74.3 cm³/mol. The van der Waals surface area contributed by atoms with Crippen LogP contribution in [0.3, 0.4) is 0 Å². The summed E-state index contributed by atoms with van der Waals surface area (Å²) in [4.78, 5) is 6.61. The highest BCUT2D eigenvalue weighted by Crippen LogP contribution is 2.09. The Hall–Kier alpha value is -0.400. The SMILES string of the molecule is Ic1ccc(OCCCN2CCOCC2)nc1. The zero-order chi connectivity index (χ0) is 11.9. The Kier molecular flexibility index (Phi) is 5.47. The number of halogens is 1. The second kappa shape index (κ2) is 7.13. The van der Waals surface area contributed by atoms with Crippen LogP contribution < -0.4 is 4.74 Å². The molecule has 94 valence electrons. The minimum absolute atomic E-state index is 0.715. The van der Waals surface area contributed by atoms with E-state index in [0.29, 0.717) is 5.88 Å². The summed E-state index contributed by atoms with van der Waals surface area (Å²) < 4.78 is 12.0. The van der Waals surface area contributed by atoms with E-state index in [9.17, 15) is 0 Å². The van der Waals surface area contributed by atoms with E-state index in [1.165, 1.54) is 0 Å². The molecule has 0 bridgehead atoms. The number of hydrogen-bond donors (Lipinski definition) is 0. The lowest BCUT2D eigenvalue weighted by Crippen LogP contribution is -2.37. The number of morpholine rings is 1. The maximum absolute atomic E-state index is 5.58. The van der Waals surface area contributed by atoms with E-state index in [0.717, 1.165) is 49.4 Å². The van der Waals surface area contributed by atoms with Crippen LogP contribution in [0.5, 0.6) is 5.88 Å². The molecule has 0 amide bonds. The van der Waals surface area contributed by atoms with Gasteiger partial charge >= 0.3 is 0 Å². The van der Waals surface area contributed by atoms with Crippen LogP contribution in [0.15, 0.2) is 18.3 Å². The third kappa shape index (κ3) is 4.77. The molecule has 2 rings (SSSR count). The van der Waals surface area contributed by atoms with Crippen molar-refractivity contribution in [2.75, 3.05) is 39.5 Å². The molecular weight excluding hydrogens is 331 g/mol. The maximum atomic E-state index is 5.58. The van der Waals surface area contributed by atoms with Crippen molar-refractivity contribution in [1.82, 2.24) is 9.88 Å². The fourth-order valence-electron chi connectivity index (χ4n) is 1.74. The molecule has 1 aliphatic rings. The van der Waals surface area contributed by atoms with E-state index in [2.05, 4.69) is 32.5 Å². The summed E-state index contributed by atoms with van der Waals surface area (Å²) in [7, 11) is 0. The fraction of sp³-hybridized carbons (Fsp3) is 0.583. The second-order valence-electron chi connectivity index (χ2n) is 3.97. The Bertz CT molecular complexity index is 326. The summed E-state index contributed by atoms with van der Waals surface area (Å²) in [6.45, 7) is 5.61. The molecule has 1 aliphatic heterocycles. The van der Waals surface area contributed by atoms with Crippen molar-refractivity contribution in [3.63, 3.8) is 0 Å². The third-order valence-corrected chi connectivity index (χ3v) is 3.31. The first-order valence-corrected chi connectivity index (χ1v) is 6.97. The number of aromatic nitrogens is 1. The van der Waals surface area contributed by atoms with Gasteiger partial charge in [0, 0.05) is 35.5 Å². The Morgan fingerprint density at radius 1 is 1.35 bits per heavy atom. The standard InChI is InChI=1S/C12H17IN2O2/c13-11-2-3-12(14-10-11)17-7-1-4-15-5-8-16-9-6-15/h2-3,10H,1,4-9H2. The summed E-state index contributed by atoms with van der Waals surface area (Å²) in [5.41, 5.74) is 0. The number of ether oxygens (including phenoxy) is 2. The van der Waals surface area contributed by atoms with Gasteiger partial charge in [0.25, 0.3) is 0 Å². The Morgan fingerprint density at radius 3 is 2.88 bits per heavy atom. The van der Waals surface area contributed by atoms with Gasteiger partial charge in [0.05, 0.1) is 19.8 Å². The summed E-state index contributed by atoms with van der Waals surface area (Å²) in [6, 6.07) is 3.92. The van der Waals surface area contributed by atoms with Crippen molar-refractivity contribution in [2.45, 2.75) is 6.42 Å². The monoisotopic (exact) mass is 348 g/mol. The van der Waals surface area contributed by atoms with Crippen LogP contribution in [-0.2, 0) is 4.74 Å². The topological polar surface area (TPSA) is 34.6 Å². The van der Waals surface area contributed by atoms with E-state index in [1.807, 2.05) is 18.3 Å². The van der Waals surface area contributed by atoms with E-state index in [4.69, 9.17) is 9.47 Å². The van der Waals surface area contributed by atoms with Crippen LogP contribution in [0.25, 0.3) is 0 Å². The summed E-state index contributed by atoms with van der Waals surface area (Å²) in [5, 5.41) is 0. The Balaban J connectivity index is 1.60. The first-order valence-electron chi connectivity index (χ1n) is 5.89. The van der Waals surface area contributed by atoms with Crippen molar-refractivity contribution < 1.29 is 9.47 Å². The number of pyridine rings is 1. The highest BCUT2D eigenvalue weighted by atomic mass is 127. The van der Waals surface area contributed by atoms with E-state index < -0.39 is 0 Å². The molecule has 1 aromatic heterocycles. The van der Waals surface area contributed by atoms with Crippen LogP contribution in [0.2, 0.25) is 0 Å². The molecule has 4 nitrogen and oxygen atoms in total. The van der Waals surface area contributed by atoms with Gasteiger partial charge in [-0.3, -0.25) is 4.90 Å². The lowest BCUT2D eigenvalue weighted by Gasteiger charge is -2.26. The molecule has 1 aromatic rings. The quantitative estimate of drug-likeness (QED) is 0.600. The summed E-state index contributed by atoms with van der Waals surface area (Å²) >= 11 is 2.23. The van der Waals surface area contributed by atoms with Crippen molar-refractivity contribution in [1.29, 1.82) is 0 Å². The second-order valence-corrected chi connectivity index (χ2v) is 5.22. The van der Waals surface area contributed by atoms with Crippen molar-refractivity contribution >= 4 is 22.6 Å². The molecule has 0 aliphatic carbocycles. The summed E-state index contributed by atoms with van der Waals surface area (Å²) in [6.07, 6.45) is 2.85. The summed E-state index contributed by atoms with van der Waals surface area (Å²) in [5.74, 6) is 0.715. The molecule has 0 N–H and O–H groups in total. The van der Waals surface area contributed by atoms with Gasteiger partial charge in [0.1, 0.15) is 0 Å². The smallest absolute Gasteiger partial charge is 0.213 e. The minimum atomic E-state index is 0.715. The Morgan fingerprint density at radius 2 is 2.18 bits per heavy atom. The van der Waals surface area contributed by atoms with E-state index in [-0.39, 0.29) is 0 Å². The molecule has 1 fully saturated rings. The van der Waals surface area contributed by atoms with Crippen LogP contribution >= 0.6 is 22.6 Å². The minimum Gasteiger partial charge on any atom is -0.478 e. The normalized spacial score (nSPS) is 17.0. The largest absolute Gasteiger partial charge is 0.478 e. The van der Waals surface area contributed by atoms with Gasteiger partial charge in [-0.05, 0) is 35.1 Å². The lowest BCUT2D eigenvalue weighted by atomic mass is 10.3. The molecular formula is C12H17IN2O2. The van der Waals surface area contributed by atoms with Crippen LogP contribution in [-0.4, -0.2) is 49.3 Å². The van der Waals surface area contributed by atoms with Gasteiger partial charge in [0.15, 0.2) is 0 Å². The van der Waals surface area contributed by atoms with Gasteiger partial charge < -0.3 is 9.47 Å². The van der Waals surface area contributed by atoms with Crippen molar-refractivity contribution in [3.05, 3.63) is 21.9 Å². The van der Waals surface area contributed by atoms with Crippen LogP contribution in [0, 0.1) is 3.57 Å². The van der Waals surface area contributed by atoms with Crippen LogP contribution in [0.4, 0.5) is 0 Å². The molecule has 0 aromatic carbocycles. The Labute approximate surface area is 115 Å². The van der Waals surface area contributed by atoms with Gasteiger partial charge in [0.2, 0.25) is 5.88 Å². The van der Waals surface area contributed by atoms with Crippen molar-refractivity contribution in [2.24, 2.45) is 0 Å². The van der Waals surface area contributed by atoms with E-state index in [1.54, 1.807) is 0 Å². The first-order chi connectivity index (χ1) is 8.34. The molecule has 0 spiro atoms. The number of rotatable bonds is 5. The van der Waals surface area contributed by atoms with Crippen molar-refractivity contribution in [3.8, 4) is 5.88 Å². The maximum Gasteiger partial charge on any atom is 0.213 e. The molecule has 1 saturated heterocycles. The van der Waals surface area contributed by atoms with Gasteiger partial charge in [-0.1, -0.05) is 0 Å². The lowest BCUT2D eigenvalue weighted by molar-refractivity contribution is 0.0357. The highest BCUT2D eigenvalue weighted by molar-refractivity contribution is 14.1. The first kappa shape index (κ1) is 13.0. The zero-order valence-corrected chi connectivity index (χ0v) is 11.9. The molecule has 0 saturated carbocycles. The molecule has 5 heteroatoms.